The topological polar surface area (TPSA) is 30.0 Å². The highest BCUT2D eigenvalue weighted by Gasteiger charge is 1.91. The number of alkyl halides is 1. The Labute approximate surface area is 82.3 Å². The molecule has 3 heteroatoms. The Hall–Kier alpha value is -1.15. The molecule has 0 spiro atoms. The number of halogens is 1. The summed E-state index contributed by atoms with van der Waals surface area (Å²) in [4.78, 5) is 14.5. The van der Waals surface area contributed by atoms with Crippen molar-refractivity contribution in [2.45, 2.75) is 6.42 Å². The molecular weight excluding hydrogens is 186 g/mol. The maximum absolute atomic E-state index is 10.4. The summed E-state index contributed by atoms with van der Waals surface area (Å²) in [5, 5.41) is 0. The number of hydrogen-bond donors (Lipinski definition) is 0. The van der Waals surface area contributed by atoms with E-state index in [4.69, 9.17) is 11.6 Å². The molecule has 0 aliphatic rings. The smallest absolute Gasteiger partial charge is 0.150 e. The number of carbonyl (C=O) groups excluding carboxylic acids is 1. The van der Waals surface area contributed by atoms with Crippen molar-refractivity contribution in [3.05, 3.63) is 35.7 Å². The van der Waals surface area contributed by atoms with Crippen LogP contribution < -0.4 is 0 Å². The van der Waals surface area contributed by atoms with Gasteiger partial charge in [-0.3, -0.25) is 9.78 Å². The van der Waals surface area contributed by atoms with Gasteiger partial charge in [0.05, 0.1) is 5.69 Å². The Bertz CT molecular complexity index is 310. The fourth-order valence-corrected chi connectivity index (χ4v) is 1.02. The van der Waals surface area contributed by atoms with E-state index in [9.17, 15) is 4.79 Å². The van der Waals surface area contributed by atoms with Crippen LogP contribution in [0.4, 0.5) is 0 Å². The van der Waals surface area contributed by atoms with E-state index in [-0.39, 0.29) is 0 Å². The molecule has 0 saturated heterocycles. The summed E-state index contributed by atoms with van der Waals surface area (Å²) < 4.78 is 0. The van der Waals surface area contributed by atoms with Gasteiger partial charge in [-0.2, -0.15) is 0 Å². The molecule has 0 atom stereocenters. The molecule has 68 valence electrons. The fraction of sp³-hybridized carbons (Fsp3) is 0.200. The maximum atomic E-state index is 10.4. The molecule has 0 N–H and O–H groups in total. The molecule has 1 aromatic rings. The molecule has 1 heterocycles. The van der Waals surface area contributed by atoms with Crippen LogP contribution in [0.1, 0.15) is 22.5 Å². The first-order chi connectivity index (χ1) is 6.36. The van der Waals surface area contributed by atoms with Crippen LogP contribution in [0.5, 0.6) is 0 Å². The quantitative estimate of drug-likeness (QED) is 0.546. The monoisotopic (exact) mass is 195 g/mol. The van der Waals surface area contributed by atoms with Gasteiger partial charge in [0.1, 0.15) is 6.29 Å². The first-order valence-electron chi connectivity index (χ1n) is 4.00. The summed E-state index contributed by atoms with van der Waals surface area (Å²) in [5.74, 6) is 0.601. The molecule has 0 unspecified atom stereocenters. The van der Waals surface area contributed by atoms with Crippen molar-refractivity contribution in [2.24, 2.45) is 0 Å². The SMILES string of the molecule is O=Cc1ccnc(C=CCCCl)c1. The Morgan fingerprint density at radius 1 is 1.54 bits per heavy atom. The van der Waals surface area contributed by atoms with Crippen LogP contribution in [0.3, 0.4) is 0 Å². The van der Waals surface area contributed by atoms with Gasteiger partial charge in [-0.25, -0.2) is 0 Å². The van der Waals surface area contributed by atoms with Crippen LogP contribution in [0, 0.1) is 0 Å². The lowest BCUT2D eigenvalue weighted by Crippen LogP contribution is -1.84. The molecule has 0 aliphatic heterocycles. The summed E-state index contributed by atoms with van der Waals surface area (Å²) in [6.45, 7) is 0. The third-order valence-electron chi connectivity index (χ3n) is 1.51. The third-order valence-corrected chi connectivity index (χ3v) is 1.72. The van der Waals surface area contributed by atoms with Gasteiger partial charge in [-0.1, -0.05) is 6.08 Å². The molecule has 0 amide bonds. The van der Waals surface area contributed by atoms with Gasteiger partial charge in [-0.15, -0.1) is 11.6 Å². The maximum Gasteiger partial charge on any atom is 0.150 e. The summed E-state index contributed by atoms with van der Waals surface area (Å²) in [7, 11) is 0. The molecule has 0 fully saturated rings. The number of carbonyl (C=O) groups is 1. The van der Waals surface area contributed by atoms with E-state index in [1.54, 1.807) is 18.3 Å². The van der Waals surface area contributed by atoms with Crippen LogP contribution >= 0.6 is 11.6 Å². The van der Waals surface area contributed by atoms with Gasteiger partial charge in [0, 0.05) is 17.6 Å². The summed E-state index contributed by atoms with van der Waals surface area (Å²) in [6.07, 6.45) is 7.03. The largest absolute Gasteiger partial charge is 0.298 e. The van der Waals surface area contributed by atoms with Crippen LogP contribution in [0.2, 0.25) is 0 Å². The van der Waals surface area contributed by atoms with E-state index >= 15 is 0 Å². The van der Waals surface area contributed by atoms with Crippen molar-refractivity contribution < 1.29 is 4.79 Å². The van der Waals surface area contributed by atoms with Crippen LogP contribution in [-0.4, -0.2) is 17.2 Å². The molecule has 1 aromatic heterocycles. The zero-order valence-electron chi connectivity index (χ0n) is 7.11. The second kappa shape index (κ2) is 5.49. The third kappa shape index (κ3) is 3.38. The molecule has 1 rings (SSSR count). The van der Waals surface area contributed by atoms with E-state index in [0.717, 1.165) is 18.4 Å². The molecule has 2 nitrogen and oxygen atoms in total. The summed E-state index contributed by atoms with van der Waals surface area (Å²) in [6, 6.07) is 3.41. The van der Waals surface area contributed by atoms with Gasteiger partial charge in [0.2, 0.25) is 0 Å². The van der Waals surface area contributed by atoms with E-state index in [1.165, 1.54) is 0 Å². The van der Waals surface area contributed by atoms with E-state index in [2.05, 4.69) is 4.98 Å². The van der Waals surface area contributed by atoms with Crippen molar-refractivity contribution in [1.29, 1.82) is 0 Å². The van der Waals surface area contributed by atoms with Gasteiger partial charge < -0.3 is 0 Å². The highest BCUT2D eigenvalue weighted by molar-refractivity contribution is 6.17. The molecule has 0 radical (unpaired) electrons. The van der Waals surface area contributed by atoms with Crippen molar-refractivity contribution in [2.75, 3.05) is 5.88 Å². The Morgan fingerprint density at radius 3 is 3.08 bits per heavy atom. The summed E-state index contributed by atoms with van der Waals surface area (Å²) in [5.41, 5.74) is 1.43. The summed E-state index contributed by atoms with van der Waals surface area (Å²) >= 11 is 5.50. The lowest BCUT2D eigenvalue weighted by Gasteiger charge is -1.92. The predicted octanol–water partition coefficient (Wildman–Crippen LogP) is 2.54. The standard InChI is InChI=1S/C10H10ClNO/c11-5-2-1-3-10-7-9(8-13)4-6-12-10/h1,3-4,6-8H,2,5H2. The van der Waals surface area contributed by atoms with Gasteiger partial charge in [0.15, 0.2) is 0 Å². The molecular formula is C10H10ClNO. The normalized spacial score (nSPS) is 10.5. The Balaban J connectivity index is 2.71. The average molecular weight is 196 g/mol. The molecule has 0 bridgehead atoms. The Kier molecular flexibility index (Phi) is 4.19. The highest BCUT2D eigenvalue weighted by atomic mass is 35.5. The average Bonchev–Trinajstić information content (AvgIpc) is 2.19. The van der Waals surface area contributed by atoms with Crippen molar-refractivity contribution >= 4 is 24.0 Å². The zero-order valence-corrected chi connectivity index (χ0v) is 7.87. The molecule has 0 aromatic carbocycles. The first kappa shape index (κ1) is 9.93. The minimum atomic E-state index is 0.601. The van der Waals surface area contributed by atoms with Crippen LogP contribution in [0.15, 0.2) is 24.4 Å². The van der Waals surface area contributed by atoms with Gasteiger partial charge >= 0.3 is 0 Å². The second-order valence-electron chi connectivity index (χ2n) is 2.51. The lowest BCUT2D eigenvalue weighted by molar-refractivity contribution is 0.112. The van der Waals surface area contributed by atoms with E-state index in [0.29, 0.717) is 11.4 Å². The predicted molar refractivity (Wildman–Crippen MR) is 54.0 cm³/mol. The minimum absolute atomic E-state index is 0.601. The van der Waals surface area contributed by atoms with Crippen molar-refractivity contribution in [3.63, 3.8) is 0 Å². The fourth-order valence-electron chi connectivity index (χ4n) is 0.897. The van der Waals surface area contributed by atoms with Crippen LogP contribution in [0.25, 0.3) is 6.08 Å². The van der Waals surface area contributed by atoms with Gasteiger partial charge in [-0.05, 0) is 24.6 Å². The van der Waals surface area contributed by atoms with Crippen LogP contribution in [-0.2, 0) is 0 Å². The second-order valence-corrected chi connectivity index (χ2v) is 2.89. The number of aromatic nitrogens is 1. The molecule has 0 saturated carbocycles. The molecule has 13 heavy (non-hydrogen) atoms. The minimum Gasteiger partial charge on any atom is -0.298 e. The zero-order chi connectivity index (χ0) is 9.52. The number of allylic oxidation sites excluding steroid dienone is 1. The lowest BCUT2D eigenvalue weighted by atomic mass is 10.2. The highest BCUT2D eigenvalue weighted by Crippen LogP contribution is 2.02. The van der Waals surface area contributed by atoms with Crippen molar-refractivity contribution in [3.8, 4) is 0 Å². The number of pyridine rings is 1. The number of hydrogen-bond acceptors (Lipinski definition) is 2. The first-order valence-corrected chi connectivity index (χ1v) is 4.54. The van der Waals surface area contributed by atoms with E-state index in [1.807, 2.05) is 12.2 Å². The van der Waals surface area contributed by atoms with Crippen molar-refractivity contribution in [1.82, 2.24) is 4.98 Å². The van der Waals surface area contributed by atoms with E-state index < -0.39 is 0 Å². The number of rotatable bonds is 4. The number of nitrogens with zero attached hydrogens (tertiary/aromatic N) is 1. The van der Waals surface area contributed by atoms with Gasteiger partial charge in [0.25, 0.3) is 0 Å². The Morgan fingerprint density at radius 2 is 2.38 bits per heavy atom. The molecule has 0 aliphatic carbocycles. The number of aldehydes is 1.